The van der Waals surface area contributed by atoms with Crippen molar-refractivity contribution in [3.63, 3.8) is 0 Å². The highest BCUT2D eigenvalue weighted by Gasteiger charge is 2.23. The van der Waals surface area contributed by atoms with Crippen LogP contribution in [0.1, 0.15) is 12.5 Å². The Balaban J connectivity index is 2.11. The molecule has 1 aliphatic rings. The third-order valence-electron chi connectivity index (χ3n) is 3.66. The van der Waals surface area contributed by atoms with Gasteiger partial charge in [0, 0.05) is 12.6 Å². The molecule has 1 aliphatic heterocycles. The molecule has 5 heteroatoms. The number of H-pyrrole nitrogens is 1. The molecule has 0 amide bonds. The zero-order valence-electron chi connectivity index (χ0n) is 10.6. The van der Waals surface area contributed by atoms with Gasteiger partial charge in [0.1, 0.15) is 5.75 Å². The fourth-order valence-electron chi connectivity index (χ4n) is 2.72. The second-order valence-electron chi connectivity index (χ2n) is 4.89. The van der Waals surface area contributed by atoms with E-state index >= 15 is 0 Å². The van der Waals surface area contributed by atoms with Gasteiger partial charge < -0.3 is 19.2 Å². The quantitative estimate of drug-likeness (QED) is 0.845. The SMILES string of the molecule is COc1ccc2c(c1)[nH]c(=S)n2C1CCN(C)C1. The topological polar surface area (TPSA) is 33.2 Å². The number of aromatic nitrogens is 2. The van der Waals surface area contributed by atoms with Gasteiger partial charge in [-0.2, -0.15) is 0 Å². The molecule has 0 radical (unpaired) electrons. The molecule has 18 heavy (non-hydrogen) atoms. The number of nitrogens with one attached hydrogen (secondary N) is 1. The van der Waals surface area contributed by atoms with E-state index in [4.69, 9.17) is 17.0 Å². The molecular formula is C13H17N3OS. The lowest BCUT2D eigenvalue weighted by molar-refractivity contribution is 0.394. The molecule has 2 aromatic rings. The average Bonchev–Trinajstić information content (AvgIpc) is 2.90. The van der Waals surface area contributed by atoms with E-state index in [-0.39, 0.29) is 0 Å². The third kappa shape index (κ3) is 1.83. The van der Waals surface area contributed by atoms with Gasteiger partial charge in [-0.25, -0.2) is 0 Å². The predicted molar refractivity (Wildman–Crippen MR) is 74.8 cm³/mol. The maximum absolute atomic E-state index is 5.46. The molecular weight excluding hydrogens is 246 g/mol. The molecule has 3 rings (SSSR count). The summed E-state index contributed by atoms with van der Waals surface area (Å²) in [5.74, 6) is 0.856. The first kappa shape index (κ1) is 11.7. The summed E-state index contributed by atoms with van der Waals surface area (Å²) in [5, 5.41) is 0. The predicted octanol–water partition coefficient (Wildman–Crippen LogP) is 2.58. The van der Waals surface area contributed by atoms with Gasteiger partial charge in [0.2, 0.25) is 0 Å². The number of hydrogen-bond donors (Lipinski definition) is 1. The van der Waals surface area contributed by atoms with Crippen LogP contribution >= 0.6 is 12.2 Å². The van der Waals surface area contributed by atoms with Crippen LogP contribution in [-0.4, -0.2) is 41.7 Å². The molecule has 0 bridgehead atoms. The minimum atomic E-state index is 0.477. The number of likely N-dealkylation sites (N-methyl/N-ethyl adjacent to an activating group) is 1. The normalized spacial score (nSPS) is 20.7. The van der Waals surface area contributed by atoms with E-state index in [0.29, 0.717) is 6.04 Å². The van der Waals surface area contributed by atoms with E-state index in [1.54, 1.807) is 7.11 Å². The van der Waals surface area contributed by atoms with Gasteiger partial charge in [-0.1, -0.05) is 0 Å². The fourth-order valence-corrected chi connectivity index (χ4v) is 3.08. The maximum atomic E-state index is 5.46. The van der Waals surface area contributed by atoms with E-state index in [9.17, 15) is 0 Å². The van der Waals surface area contributed by atoms with Crippen molar-refractivity contribution in [2.45, 2.75) is 12.5 Å². The highest BCUT2D eigenvalue weighted by Crippen LogP contribution is 2.27. The number of methoxy groups -OCH3 is 1. The standard InChI is InChI=1S/C13H17N3OS/c1-15-6-5-9(8-15)16-12-4-3-10(17-2)7-11(12)14-13(16)18/h3-4,7,9H,5-6,8H2,1-2H3,(H,14,18). The average molecular weight is 263 g/mol. The van der Waals surface area contributed by atoms with Gasteiger partial charge in [0.15, 0.2) is 4.77 Å². The summed E-state index contributed by atoms with van der Waals surface area (Å²) in [6, 6.07) is 6.55. The van der Waals surface area contributed by atoms with Crippen LogP contribution in [0.2, 0.25) is 0 Å². The second kappa shape index (κ2) is 4.40. The van der Waals surface area contributed by atoms with Crippen LogP contribution in [0.25, 0.3) is 11.0 Å². The lowest BCUT2D eigenvalue weighted by Gasteiger charge is -2.13. The van der Waals surface area contributed by atoms with Crippen molar-refractivity contribution < 1.29 is 4.74 Å². The Labute approximate surface area is 111 Å². The molecule has 1 unspecified atom stereocenters. The van der Waals surface area contributed by atoms with Crippen LogP contribution in [0.4, 0.5) is 0 Å². The summed E-state index contributed by atoms with van der Waals surface area (Å²) in [5.41, 5.74) is 2.22. The Morgan fingerprint density at radius 3 is 2.94 bits per heavy atom. The van der Waals surface area contributed by atoms with Crippen molar-refractivity contribution in [2.75, 3.05) is 27.2 Å². The summed E-state index contributed by atoms with van der Waals surface area (Å²) in [6.45, 7) is 2.20. The first-order valence-corrected chi connectivity index (χ1v) is 6.56. The van der Waals surface area contributed by atoms with Gasteiger partial charge in [0.05, 0.1) is 24.2 Å². The molecule has 2 heterocycles. The molecule has 1 N–H and O–H groups in total. The smallest absolute Gasteiger partial charge is 0.178 e. The lowest BCUT2D eigenvalue weighted by Crippen LogP contribution is -2.16. The van der Waals surface area contributed by atoms with Crippen LogP contribution in [-0.2, 0) is 0 Å². The summed E-state index contributed by atoms with van der Waals surface area (Å²) >= 11 is 5.46. The van der Waals surface area contributed by atoms with Gasteiger partial charge in [-0.05, 0) is 44.4 Å². The third-order valence-corrected chi connectivity index (χ3v) is 3.95. The number of likely N-dealkylation sites (tertiary alicyclic amines) is 1. The minimum absolute atomic E-state index is 0.477. The highest BCUT2D eigenvalue weighted by atomic mass is 32.1. The van der Waals surface area contributed by atoms with E-state index in [2.05, 4.69) is 27.6 Å². The van der Waals surface area contributed by atoms with Crippen LogP contribution in [0.3, 0.4) is 0 Å². The van der Waals surface area contributed by atoms with Gasteiger partial charge in [-0.3, -0.25) is 0 Å². The van der Waals surface area contributed by atoms with E-state index in [0.717, 1.165) is 35.5 Å². The lowest BCUT2D eigenvalue weighted by atomic mass is 10.2. The fraction of sp³-hybridized carbons (Fsp3) is 0.462. The molecule has 1 fully saturated rings. The summed E-state index contributed by atoms with van der Waals surface area (Å²) < 4.78 is 8.29. The summed E-state index contributed by atoms with van der Waals surface area (Å²) in [7, 11) is 3.83. The van der Waals surface area contributed by atoms with Crippen LogP contribution in [0.5, 0.6) is 5.75 Å². The zero-order valence-corrected chi connectivity index (χ0v) is 11.5. The number of aromatic amines is 1. The van der Waals surface area contributed by atoms with Crippen LogP contribution in [0.15, 0.2) is 18.2 Å². The largest absolute Gasteiger partial charge is 0.497 e. The Bertz CT molecular complexity index is 631. The van der Waals surface area contributed by atoms with E-state index in [1.807, 2.05) is 12.1 Å². The number of benzene rings is 1. The van der Waals surface area contributed by atoms with Gasteiger partial charge in [-0.15, -0.1) is 0 Å². The number of nitrogens with zero attached hydrogens (tertiary/aromatic N) is 2. The molecule has 0 spiro atoms. The molecule has 4 nitrogen and oxygen atoms in total. The Hall–Kier alpha value is -1.33. The number of ether oxygens (including phenoxy) is 1. The van der Waals surface area contributed by atoms with E-state index in [1.165, 1.54) is 5.52 Å². The number of rotatable bonds is 2. The molecule has 1 aromatic heterocycles. The van der Waals surface area contributed by atoms with Crippen molar-refractivity contribution in [3.05, 3.63) is 23.0 Å². The molecule has 0 aliphatic carbocycles. The van der Waals surface area contributed by atoms with Crippen molar-refractivity contribution in [2.24, 2.45) is 0 Å². The first-order chi connectivity index (χ1) is 8.69. The van der Waals surface area contributed by atoms with E-state index < -0.39 is 0 Å². The maximum Gasteiger partial charge on any atom is 0.178 e. The molecule has 1 atom stereocenters. The second-order valence-corrected chi connectivity index (χ2v) is 5.27. The van der Waals surface area contributed by atoms with Crippen molar-refractivity contribution in [3.8, 4) is 5.75 Å². The Kier molecular flexibility index (Phi) is 2.87. The molecule has 1 aromatic carbocycles. The van der Waals surface area contributed by atoms with Crippen molar-refractivity contribution in [1.82, 2.24) is 14.5 Å². The molecule has 96 valence electrons. The van der Waals surface area contributed by atoms with Crippen molar-refractivity contribution >= 4 is 23.3 Å². The summed E-state index contributed by atoms with van der Waals surface area (Å²) in [6.07, 6.45) is 1.16. The monoisotopic (exact) mass is 263 g/mol. The zero-order chi connectivity index (χ0) is 12.7. The Morgan fingerprint density at radius 1 is 1.44 bits per heavy atom. The van der Waals surface area contributed by atoms with Gasteiger partial charge in [0.25, 0.3) is 0 Å². The first-order valence-electron chi connectivity index (χ1n) is 6.16. The molecule has 1 saturated heterocycles. The van der Waals surface area contributed by atoms with Crippen molar-refractivity contribution in [1.29, 1.82) is 0 Å². The van der Waals surface area contributed by atoms with Crippen LogP contribution in [0, 0.1) is 4.77 Å². The molecule has 0 saturated carbocycles. The summed E-state index contributed by atoms with van der Waals surface area (Å²) in [4.78, 5) is 5.61. The minimum Gasteiger partial charge on any atom is -0.497 e. The van der Waals surface area contributed by atoms with Gasteiger partial charge >= 0.3 is 0 Å². The Morgan fingerprint density at radius 2 is 2.28 bits per heavy atom. The number of fused-ring (bicyclic) bond motifs is 1. The highest BCUT2D eigenvalue weighted by molar-refractivity contribution is 7.71. The number of imidazole rings is 1. The number of hydrogen-bond acceptors (Lipinski definition) is 3. The van der Waals surface area contributed by atoms with Crippen LogP contribution < -0.4 is 4.74 Å².